The van der Waals surface area contributed by atoms with E-state index in [1.165, 1.54) is 0 Å². The van der Waals surface area contributed by atoms with Crippen LogP contribution in [0.25, 0.3) is 0 Å². The molecule has 1 aromatic rings. The molecule has 0 unspecified atom stereocenters. The molecule has 0 radical (unpaired) electrons. The Morgan fingerprint density at radius 3 is 3.27 bits per heavy atom. The van der Waals surface area contributed by atoms with Crippen LogP contribution in [0.5, 0.6) is 5.75 Å². The largest absolute Gasteiger partial charge is 0.490 e. The van der Waals surface area contributed by atoms with Crippen LogP contribution in [-0.2, 0) is 0 Å². The number of anilines is 1. The van der Waals surface area contributed by atoms with E-state index in [9.17, 15) is 0 Å². The van der Waals surface area contributed by atoms with Gasteiger partial charge in [0.15, 0.2) is 0 Å². The Morgan fingerprint density at radius 1 is 1.36 bits per heavy atom. The van der Waals surface area contributed by atoms with Crippen molar-refractivity contribution in [3.63, 3.8) is 0 Å². The molecular formula is C8H9NOS. The zero-order chi connectivity index (χ0) is 7.52. The molecule has 1 aliphatic rings. The first-order valence-electron chi connectivity index (χ1n) is 3.56. The topological polar surface area (TPSA) is 21.3 Å². The van der Waals surface area contributed by atoms with E-state index >= 15 is 0 Å². The standard InChI is InChI=1S/C8H9NOS/c1-2-4-8-7(3-1)9-11-6-5-10-8/h1-4,9H,5-6H2. The second-order valence-electron chi connectivity index (χ2n) is 2.30. The smallest absolute Gasteiger partial charge is 0.143 e. The van der Waals surface area contributed by atoms with Crippen molar-refractivity contribution in [1.29, 1.82) is 0 Å². The number of nitrogens with one attached hydrogen (secondary N) is 1. The van der Waals surface area contributed by atoms with Crippen LogP contribution in [0.3, 0.4) is 0 Å². The summed E-state index contributed by atoms with van der Waals surface area (Å²) in [5.74, 6) is 1.95. The van der Waals surface area contributed by atoms with Gasteiger partial charge in [0, 0.05) is 5.75 Å². The van der Waals surface area contributed by atoms with Crippen LogP contribution in [0, 0.1) is 0 Å². The number of fused-ring (bicyclic) bond motifs is 1. The van der Waals surface area contributed by atoms with Gasteiger partial charge in [0.2, 0.25) is 0 Å². The summed E-state index contributed by atoms with van der Waals surface area (Å²) in [5.41, 5.74) is 1.08. The van der Waals surface area contributed by atoms with Crippen molar-refractivity contribution in [3.05, 3.63) is 24.3 Å². The van der Waals surface area contributed by atoms with E-state index in [1.54, 1.807) is 11.9 Å². The zero-order valence-corrected chi connectivity index (χ0v) is 6.86. The first-order valence-corrected chi connectivity index (χ1v) is 4.55. The van der Waals surface area contributed by atoms with E-state index in [-0.39, 0.29) is 0 Å². The molecule has 3 heteroatoms. The van der Waals surface area contributed by atoms with Crippen molar-refractivity contribution >= 4 is 17.6 Å². The van der Waals surface area contributed by atoms with Crippen molar-refractivity contribution in [1.82, 2.24) is 0 Å². The fourth-order valence-electron chi connectivity index (χ4n) is 0.999. The summed E-state index contributed by atoms with van der Waals surface area (Å²) < 4.78 is 8.68. The third-order valence-corrected chi connectivity index (χ3v) is 2.25. The number of rotatable bonds is 0. The van der Waals surface area contributed by atoms with Crippen LogP contribution in [-0.4, -0.2) is 12.4 Å². The number of para-hydroxylation sites is 2. The second-order valence-corrected chi connectivity index (χ2v) is 3.20. The molecule has 58 valence electrons. The molecule has 1 aliphatic heterocycles. The first-order chi connectivity index (χ1) is 5.47. The van der Waals surface area contributed by atoms with E-state index in [4.69, 9.17) is 4.74 Å². The van der Waals surface area contributed by atoms with Crippen molar-refractivity contribution in [2.24, 2.45) is 0 Å². The van der Waals surface area contributed by atoms with Gasteiger partial charge in [-0.2, -0.15) is 0 Å². The second kappa shape index (κ2) is 3.05. The Balaban J connectivity index is 2.33. The van der Waals surface area contributed by atoms with Crippen LogP contribution in [0.2, 0.25) is 0 Å². The number of benzene rings is 1. The molecule has 0 aliphatic carbocycles. The maximum atomic E-state index is 5.47. The summed E-state index contributed by atoms with van der Waals surface area (Å²) in [6.07, 6.45) is 0. The molecule has 1 N–H and O–H groups in total. The molecule has 0 bridgehead atoms. The molecule has 2 rings (SSSR count). The molecule has 1 aromatic carbocycles. The molecule has 0 amide bonds. The third kappa shape index (κ3) is 1.43. The Labute approximate surface area is 70.1 Å². The van der Waals surface area contributed by atoms with Gasteiger partial charge >= 0.3 is 0 Å². The highest BCUT2D eigenvalue weighted by molar-refractivity contribution is 8.00. The number of ether oxygens (including phenoxy) is 1. The van der Waals surface area contributed by atoms with Crippen LogP contribution >= 0.6 is 11.9 Å². The molecule has 0 aromatic heterocycles. The van der Waals surface area contributed by atoms with E-state index in [2.05, 4.69) is 4.72 Å². The highest BCUT2D eigenvalue weighted by Gasteiger charge is 2.05. The summed E-state index contributed by atoms with van der Waals surface area (Å²) >= 11 is 1.68. The predicted octanol–water partition coefficient (Wildman–Crippen LogP) is 2.14. The first kappa shape index (κ1) is 6.85. The van der Waals surface area contributed by atoms with Crippen molar-refractivity contribution in [2.45, 2.75) is 0 Å². The molecule has 2 nitrogen and oxygen atoms in total. The van der Waals surface area contributed by atoms with Crippen molar-refractivity contribution < 1.29 is 4.74 Å². The van der Waals surface area contributed by atoms with Crippen molar-refractivity contribution in [2.75, 3.05) is 17.1 Å². The van der Waals surface area contributed by atoms with Gasteiger partial charge in [0.05, 0.1) is 12.3 Å². The summed E-state index contributed by atoms with van der Waals surface area (Å²) in [6, 6.07) is 7.99. The van der Waals surface area contributed by atoms with Crippen LogP contribution in [0.4, 0.5) is 5.69 Å². The Morgan fingerprint density at radius 2 is 2.27 bits per heavy atom. The van der Waals surface area contributed by atoms with Gasteiger partial charge in [-0.15, -0.1) is 0 Å². The molecule has 0 saturated carbocycles. The number of hydrogen-bond acceptors (Lipinski definition) is 3. The highest BCUT2D eigenvalue weighted by atomic mass is 32.2. The van der Waals surface area contributed by atoms with E-state index in [0.29, 0.717) is 0 Å². The third-order valence-electron chi connectivity index (χ3n) is 1.51. The van der Waals surface area contributed by atoms with Gasteiger partial charge in [0.1, 0.15) is 5.75 Å². The Hall–Kier alpha value is -0.830. The average molecular weight is 167 g/mol. The summed E-state index contributed by atoms with van der Waals surface area (Å²) in [4.78, 5) is 0. The van der Waals surface area contributed by atoms with Gasteiger partial charge in [0.25, 0.3) is 0 Å². The maximum Gasteiger partial charge on any atom is 0.143 e. The minimum absolute atomic E-state index is 0.786. The summed E-state index contributed by atoms with van der Waals surface area (Å²) in [6.45, 7) is 0.786. The average Bonchev–Trinajstić information content (AvgIpc) is 2.28. The van der Waals surface area contributed by atoms with Gasteiger partial charge in [-0.1, -0.05) is 12.1 Å². The van der Waals surface area contributed by atoms with E-state index in [1.807, 2.05) is 24.3 Å². The van der Waals surface area contributed by atoms with E-state index in [0.717, 1.165) is 23.8 Å². The molecule has 1 heterocycles. The lowest BCUT2D eigenvalue weighted by Gasteiger charge is -2.04. The Bertz CT molecular complexity index is 227. The van der Waals surface area contributed by atoms with E-state index < -0.39 is 0 Å². The lowest BCUT2D eigenvalue weighted by molar-refractivity contribution is 0.347. The normalized spacial score (nSPS) is 15.6. The maximum absolute atomic E-state index is 5.47. The monoisotopic (exact) mass is 167 g/mol. The number of hydrogen-bond donors (Lipinski definition) is 1. The fraction of sp³-hybridized carbons (Fsp3) is 0.250. The minimum Gasteiger partial charge on any atom is -0.490 e. The Kier molecular flexibility index (Phi) is 1.90. The van der Waals surface area contributed by atoms with Gasteiger partial charge in [-0.05, 0) is 24.1 Å². The molecule has 0 atom stereocenters. The summed E-state index contributed by atoms with van der Waals surface area (Å²) in [5, 5.41) is 0. The minimum atomic E-state index is 0.786. The summed E-state index contributed by atoms with van der Waals surface area (Å²) in [7, 11) is 0. The van der Waals surface area contributed by atoms with Crippen LogP contribution < -0.4 is 9.46 Å². The van der Waals surface area contributed by atoms with Gasteiger partial charge < -0.3 is 9.46 Å². The van der Waals surface area contributed by atoms with Gasteiger partial charge in [-0.25, -0.2) is 0 Å². The molecule has 0 fully saturated rings. The molecule has 11 heavy (non-hydrogen) atoms. The highest BCUT2D eigenvalue weighted by Crippen LogP contribution is 2.28. The molecule has 0 saturated heterocycles. The molecule has 0 spiro atoms. The van der Waals surface area contributed by atoms with Crippen LogP contribution in [0.15, 0.2) is 24.3 Å². The quantitative estimate of drug-likeness (QED) is 0.598. The van der Waals surface area contributed by atoms with Crippen molar-refractivity contribution in [3.8, 4) is 5.75 Å². The lowest BCUT2D eigenvalue weighted by Crippen LogP contribution is -1.96. The zero-order valence-electron chi connectivity index (χ0n) is 6.04. The SMILES string of the molecule is c1ccc2c(c1)NSCCO2. The predicted molar refractivity (Wildman–Crippen MR) is 48.0 cm³/mol. The lowest BCUT2D eigenvalue weighted by atomic mass is 10.3. The van der Waals surface area contributed by atoms with Crippen LogP contribution in [0.1, 0.15) is 0 Å². The van der Waals surface area contributed by atoms with Gasteiger partial charge in [-0.3, -0.25) is 0 Å². The molecular weight excluding hydrogens is 158 g/mol. The fourth-order valence-corrected chi connectivity index (χ4v) is 1.59.